The number of amides is 1. The maximum absolute atomic E-state index is 12.4. The van der Waals surface area contributed by atoms with Crippen molar-refractivity contribution in [3.63, 3.8) is 0 Å². The van der Waals surface area contributed by atoms with E-state index in [0.29, 0.717) is 28.2 Å². The smallest absolute Gasteiger partial charge is 0.288 e. The summed E-state index contributed by atoms with van der Waals surface area (Å²) in [5.41, 5.74) is 1.79. The lowest BCUT2D eigenvalue weighted by molar-refractivity contribution is -0.118. The molecule has 0 aromatic heterocycles. The number of hydrogen-bond acceptors (Lipinski definition) is 6. The fraction of sp³-hybridized carbons (Fsp3) is 0.423. The molecule has 0 bridgehead atoms. The first-order valence-electron chi connectivity index (χ1n) is 11.9. The zero-order valence-corrected chi connectivity index (χ0v) is 21.4. The van der Waals surface area contributed by atoms with Crippen LogP contribution in [0.3, 0.4) is 0 Å². The minimum atomic E-state index is -2.45. The van der Waals surface area contributed by atoms with Crippen molar-refractivity contribution in [2.45, 2.75) is 67.8 Å². The molecule has 0 spiro atoms. The van der Waals surface area contributed by atoms with Gasteiger partial charge >= 0.3 is 0 Å². The van der Waals surface area contributed by atoms with E-state index in [0.717, 1.165) is 29.9 Å². The Kier molecular flexibility index (Phi) is 11.6. The number of hydrogen-bond donors (Lipinski definition) is 1. The first kappa shape index (κ1) is 27.2. The van der Waals surface area contributed by atoms with Gasteiger partial charge in [0, 0.05) is 4.90 Å². The maximum Gasteiger partial charge on any atom is 0.288 e. The lowest BCUT2D eigenvalue weighted by Gasteiger charge is -2.06. The number of alkyl halides is 2. The van der Waals surface area contributed by atoms with Crippen molar-refractivity contribution < 1.29 is 18.3 Å². The van der Waals surface area contributed by atoms with E-state index in [2.05, 4.69) is 22.4 Å². The van der Waals surface area contributed by atoms with Crippen LogP contribution in [0.2, 0.25) is 0 Å². The minimum Gasteiger partial charge on any atom is -0.494 e. The summed E-state index contributed by atoms with van der Waals surface area (Å²) in [7, 11) is 0. The Balaban J connectivity index is 1.41. The summed E-state index contributed by atoms with van der Waals surface area (Å²) in [5.74, 6) is -1.75. The van der Waals surface area contributed by atoms with Crippen LogP contribution in [0.4, 0.5) is 8.78 Å². The van der Waals surface area contributed by atoms with Gasteiger partial charge in [-0.1, -0.05) is 74.7 Å². The second-order valence-corrected chi connectivity index (χ2v) is 10.4. The number of carbonyl (C=O) groups is 1. The Morgan fingerprint density at radius 2 is 1.77 bits per heavy atom. The number of carbonyl (C=O) groups excluding carboxylic acids is 1. The van der Waals surface area contributed by atoms with Crippen LogP contribution in [0.25, 0.3) is 0 Å². The lowest BCUT2D eigenvalue weighted by atomic mass is 10.1. The Bertz CT molecular complexity index is 983. The molecule has 0 saturated carbocycles. The fourth-order valence-electron chi connectivity index (χ4n) is 3.48. The summed E-state index contributed by atoms with van der Waals surface area (Å²) in [6, 6.07) is 14.5. The molecule has 1 atom stereocenters. The number of rotatable bonds is 14. The highest BCUT2D eigenvalue weighted by molar-refractivity contribution is 8.15. The van der Waals surface area contributed by atoms with E-state index in [1.54, 1.807) is 30.5 Å². The molecule has 2 aromatic rings. The van der Waals surface area contributed by atoms with Crippen LogP contribution in [0, 0.1) is 0 Å². The molecular formula is C26H31F2N3O2S2. The highest BCUT2D eigenvalue weighted by Crippen LogP contribution is 2.27. The molecule has 0 unspecified atom stereocenters. The average Bonchev–Trinajstić information content (AvgIpc) is 3.19. The quantitative estimate of drug-likeness (QED) is 0.128. The maximum atomic E-state index is 12.4. The van der Waals surface area contributed by atoms with Gasteiger partial charge in [0.05, 0.1) is 18.1 Å². The summed E-state index contributed by atoms with van der Waals surface area (Å²) >= 11 is 1.82. The Hall–Kier alpha value is -2.39. The van der Waals surface area contributed by atoms with Crippen LogP contribution in [-0.2, 0) is 11.2 Å². The number of nitrogens with zero attached hydrogens (tertiary/aromatic N) is 2. The van der Waals surface area contributed by atoms with E-state index in [-0.39, 0.29) is 11.2 Å². The lowest BCUT2D eigenvalue weighted by Crippen LogP contribution is -2.25. The summed E-state index contributed by atoms with van der Waals surface area (Å²) in [4.78, 5) is 12.8. The van der Waals surface area contributed by atoms with Gasteiger partial charge in [-0.3, -0.25) is 4.79 Å². The standard InChI is InChI=1S/C26H31F2N3O2S2/c1-2-3-4-5-6-7-16-33-21-12-8-20(9-13-21)18-29-31-26-30-24(32)23(35-26)17-19-10-14-22(15-11-19)34-25(27)28/h8-15,18,23,25H,2-7,16-17H2,1H3,(H,30,31,32)/b29-18-/t23-/m1/s1. The van der Waals surface area contributed by atoms with Crippen molar-refractivity contribution in [1.29, 1.82) is 0 Å². The van der Waals surface area contributed by atoms with Crippen molar-refractivity contribution in [2.24, 2.45) is 10.2 Å². The molecule has 1 aliphatic heterocycles. The molecule has 35 heavy (non-hydrogen) atoms. The van der Waals surface area contributed by atoms with E-state index in [4.69, 9.17) is 4.74 Å². The zero-order chi connectivity index (χ0) is 24.9. The first-order chi connectivity index (χ1) is 17.0. The summed E-state index contributed by atoms with van der Waals surface area (Å²) in [6.07, 6.45) is 9.52. The average molecular weight is 520 g/mol. The molecule has 1 N–H and O–H groups in total. The highest BCUT2D eigenvalue weighted by Gasteiger charge is 2.30. The summed E-state index contributed by atoms with van der Waals surface area (Å²) < 4.78 is 30.7. The summed E-state index contributed by atoms with van der Waals surface area (Å²) in [6.45, 7) is 2.95. The molecule has 9 heteroatoms. The second kappa shape index (κ2) is 14.9. The number of halogens is 2. The number of amidine groups is 1. The predicted octanol–water partition coefficient (Wildman–Crippen LogP) is 6.90. The van der Waals surface area contributed by atoms with Gasteiger partial charge in [-0.25, -0.2) is 0 Å². The van der Waals surface area contributed by atoms with E-state index in [1.165, 1.54) is 43.9 Å². The Morgan fingerprint density at radius 3 is 2.49 bits per heavy atom. The van der Waals surface area contributed by atoms with Crippen LogP contribution >= 0.6 is 23.5 Å². The van der Waals surface area contributed by atoms with Crippen LogP contribution in [0.1, 0.15) is 56.6 Å². The first-order valence-corrected chi connectivity index (χ1v) is 13.6. The van der Waals surface area contributed by atoms with Crippen molar-refractivity contribution in [3.8, 4) is 5.75 Å². The number of nitrogens with one attached hydrogen (secondary N) is 1. The van der Waals surface area contributed by atoms with Gasteiger partial charge < -0.3 is 10.1 Å². The normalized spacial score (nSPS) is 17.0. The molecular weight excluding hydrogens is 488 g/mol. The second-order valence-electron chi connectivity index (χ2n) is 8.16. The van der Waals surface area contributed by atoms with E-state index in [1.807, 2.05) is 24.3 Å². The Morgan fingerprint density at radius 1 is 1.06 bits per heavy atom. The molecule has 188 valence electrons. The summed E-state index contributed by atoms with van der Waals surface area (Å²) in [5, 5.41) is 11.1. The Labute approximate surface area is 214 Å². The van der Waals surface area contributed by atoms with Crippen LogP contribution in [0.5, 0.6) is 5.75 Å². The van der Waals surface area contributed by atoms with Gasteiger partial charge in [0.1, 0.15) is 5.75 Å². The number of unbranched alkanes of at least 4 members (excludes halogenated alkanes) is 5. The molecule has 3 rings (SSSR count). The van der Waals surface area contributed by atoms with Crippen molar-refractivity contribution >= 4 is 40.8 Å². The molecule has 2 aromatic carbocycles. The minimum absolute atomic E-state index is 0.137. The number of thioether (sulfide) groups is 2. The third kappa shape index (κ3) is 10.0. The molecule has 1 amide bonds. The van der Waals surface area contributed by atoms with Crippen LogP contribution in [-0.4, -0.2) is 34.9 Å². The zero-order valence-electron chi connectivity index (χ0n) is 19.8. The predicted molar refractivity (Wildman–Crippen MR) is 142 cm³/mol. The van der Waals surface area contributed by atoms with Gasteiger partial charge in [0.25, 0.3) is 5.76 Å². The molecule has 0 aliphatic carbocycles. The van der Waals surface area contributed by atoms with Crippen molar-refractivity contribution in [1.82, 2.24) is 5.32 Å². The van der Waals surface area contributed by atoms with Crippen LogP contribution in [0.15, 0.2) is 63.6 Å². The SMILES string of the molecule is CCCCCCCCOc1ccc(/C=N\N=C2/NC(=O)[C@@H](Cc3ccc(SC(F)F)cc3)S2)cc1. The molecule has 1 heterocycles. The molecule has 1 fully saturated rings. The van der Waals surface area contributed by atoms with E-state index < -0.39 is 5.76 Å². The third-order valence-electron chi connectivity index (χ3n) is 5.35. The van der Waals surface area contributed by atoms with Gasteiger partial charge in [-0.2, -0.15) is 13.9 Å². The van der Waals surface area contributed by atoms with Gasteiger partial charge in [-0.05, 0) is 60.4 Å². The monoisotopic (exact) mass is 519 g/mol. The molecule has 5 nitrogen and oxygen atoms in total. The van der Waals surface area contributed by atoms with E-state index in [9.17, 15) is 13.6 Å². The van der Waals surface area contributed by atoms with Gasteiger partial charge in [0.2, 0.25) is 5.91 Å². The van der Waals surface area contributed by atoms with E-state index >= 15 is 0 Å². The number of ether oxygens (including phenoxy) is 1. The molecule has 0 radical (unpaired) electrons. The highest BCUT2D eigenvalue weighted by atomic mass is 32.2. The van der Waals surface area contributed by atoms with Crippen molar-refractivity contribution in [3.05, 3.63) is 59.7 Å². The topological polar surface area (TPSA) is 63.1 Å². The molecule has 1 aliphatic rings. The largest absolute Gasteiger partial charge is 0.494 e. The third-order valence-corrected chi connectivity index (χ3v) is 7.14. The van der Waals surface area contributed by atoms with Crippen molar-refractivity contribution in [2.75, 3.05) is 6.61 Å². The fourth-order valence-corrected chi connectivity index (χ4v) is 4.94. The molecule has 1 saturated heterocycles. The van der Waals surface area contributed by atoms with Crippen LogP contribution < -0.4 is 10.1 Å². The number of benzene rings is 2. The van der Waals surface area contributed by atoms with Gasteiger partial charge in [0.15, 0.2) is 5.17 Å². The van der Waals surface area contributed by atoms with Gasteiger partial charge in [-0.15, -0.1) is 5.10 Å².